The zero-order valence-corrected chi connectivity index (χ0v) is 24.8. The fourth-order valence-electron chi connectivity index (χ4n) is 3.71. The predicted octanol–water partition coefficient (Wildman–Crippen LogP) is 4.38. The van der Waals surface area contributed by atoms with Gasteiger partial charge in [0.2, 0.25) is 11.6 Å². The van der Waals surface area contributed by atoms with Crippen LogP contribution < -0.4 is 22.5 Å². The summed E-state index contributed by atoms with van der Waals surface area (Å²) in [5, 5.41) is 0. The van der Waals surface area contributed by atoms with Crippen molar-refractivity contribution in [2.45, 2.75) is 13.1 Å². The van der Waals surface area contributed by atoms with E-state index in [4.69, 9.17) is 0 Å². The number of aromatic nitrogens is 4. The van der Waals surface area contributed by atoms with Gasteiger partial charge in [0.25, 0.3) is 11.1 Å². The summed E-state index contributed by atoms with van der Waals surface area (Å²) in [7, 11) is 0. The zero-order chi connectivity index (χ0) is 34.4. The Morgan fingerprint density at radius 3 is 1.39 bits per heavy atom. The minimum absolute atomic E-state index is 0.295. The van der Waals surface area contributed by atoms with E-state index in [2.05, 4.69) is 43.7 Å². The molecule has 0 aliphatic carbocycles. The number of nitrogens with one attached hydrogen (secondary N) is 2. The topological polar surface area (TPSA) is 110 Å². The third kappa shape index (κ3) is 6.24. The first-order chi connectivity index (χ1) is 21.5. The van der Waals surface area contributed by atoms with Gasteiger partial charge in [-0.25, -0.2) is 53.5 Å². The van der Waals surface area contributed by atoms with Gasteiger partial charge >= 0.3 is 11.4 Å². The molecule has 2 heterocycles. The number of H-pyrrole nitrogens is 2. The monoisotopic (exact) mass is 788 g/mol. The lowest BCUT2D eigenvalue weighted by atomic mass is 10.1. The summed E-state index contributed by atoms with van der Waals surface area (Å²) >= 11 is 5.90. The van der Waals surface area contributed by atoms with Crippen LogP contribution in [0.3, 0.4) is 0 Å². The average Bonchev–Trinajstić information content (AvgIpc) is 3.02. The van der Waals surface area contributed by atoms with Crippen LogP contribution in [0, 0.1) is 70.0 Å². The molecule has 46 heavy (non-hydrogen) atoms. The molecular weight excluding hydrogens is 782 g/mol. The number of benzene rings is 2. The maximum Gasteiger partial charge on any atom is 0.328 e. The quantitative estimate of drug-likeness (QED) is 0.136. The van der Waals surface area contributed by atoms with Crippen LogP contribution in [0.1, 0.15) is 22.3 Å². The standard InChI is InChI=1S/C26H8Br2F10N4O4/c27-11(2-1-7-3-41(25(45)39-23(7)43)5-9-13(29)17(33)21(37)18(34)14(9)30)12(28)8-4-42(26(46)40-24(8)44)6-10-15(31)19(35)22(38)20(36)16(10)32/h3-4H,5-6H2,(H,39,43,45)(H,40,44,46)/b12-11+. The Kier molecular flexibility index (Phi) is 9.67. The van der Waals surface area contributed by atoms with E-state index in [9.17, 15) is 63.1 Å². The van der Waals surface area contributed by atoms with Crippen molar-refractivity contribution >= 4 is 36.3 Å². The van der Waals surface area contributed by atoms with Gasteiger partial charge in [0.05, 0.1) is 27.6 Å². The normalized spacial score (nSPS) is 11.7. The Labute approximate surface area is 262 Å². The highest BCUT2D eigenvalue weighted by Crippen LogP contribution is 2.27. The van der Waals surface area contributed by atoms with E-state index in [1.807, 2.05) is 0 Å². The maximum absolute atomic E-state index is 14.2. The number of aromatic amines is 2. The van der Waals surface area contributed by atoms with Gasteiger partial charge in [-0.1, -0.05) is 11.8 Å². The highest BCUT2D eigenvalue weighted by atomic mass is 79.9. The molecule has 2 aromatic heterocycles. The maximum atomic E-state index is 14.2. The first kappa shape index (κ1) is 34.2. The van der Waals surface area contributed by atoms with Crippen molar-refractivity contribution < 1.29 is 43.9 Å². The van der Waals surface area contributed by atoms with Gasteiger partial charge in [-0.2, -0.15) is 0 Å². The molecule has 2 aromatic carbocycles. The van der Waals surface area contributed by atoms with Crippen LogP contribution in [0.4, 0.5) is 43.9 Å². The average molecular weight is 790 g/mol. The van der Waals surface area contributed by atoms with E-state index in [1.54, 1.807) is 9.97 Å². The van der Waals surface area contributed by atoms with Crippen LogP contribution in [0.15, 0.2) is 36.1 Å². The molecule has 4 rings (SSSR count). The van der Waals surface area contributed by atoms with Gasteiger partial charge in [0.1, 0.15) is 5.56 Å². The first-order valence-corrected chi connectivity index (χ1v) is 13.3. The lowest BCUT2D eigenvalue weighted by Gasteiger charge is -2.11. The van der Waals surface area contributed by atoms with Crippen LogP contribution in [0.2, 0.25) is 0 Å². The Bertz CT molecular complexity index is 2240. The summed E-state index contributed by atoms with van der Waals surface area (Å²) in [4.78, 5) is 52.6. The van der Waals surface area contributed by atoms with E-state index < -0.39 is 116 Å². The molecule has 8 nitrogen and oxygen atoms in total. The molecule has 4 aromatic rings. The third-order valence-electron chi connectivity index (χ3n) is 6.02. The number of hydrogen-bond donors (Lipinski definition) is 2. The SMILES string of the molecule is O=c1[nH]c(=O)n(Cc2c(F)c(F)c(F)c(F)c2F)cc1C#C/C(Br)=C(\Br)c1cn(Cc2c(F)c(F)c(F)c(F)c2F)c(=O)[nH]c1=O. The van der Waals surface area contributed by atoms with Gasteiger partial charge in [0.15, 0.2) is 46.5 Å². The van der Waals surface area contributed by atoms with Crippen molar-refractivity contribution in [1.29, 1.82) is 0 Å². The van der Waals surface area contributed by atoms with Gasteiger partial charge in [-0.05, 0) is 31.9 Å². The van der Waals surface area contributed by atoms with Crippen LogP contribution >= 0.6 is 31.9 Å². The van der Waals surface area contributed by atoms with Crippen LogP contribution in [0.25, 0.3) is 4.48 Å². The molecule has 0 aliphatic rings. The number of nitrogens with zero attached hydrogens (tertiary/aromatic N) is 2. The summed E-state index contributed by atoms with van der Waals surface area (Å²) < 4.78 is 138. The Morgan fingerprint density at radius 1 is 0.587 bits per heavy atom. The van der Waals surface area contributed by atoms with E-state index in [0.29, 0.717) is 21.5 Å². The molecule has 240 valence electrons. The van der Waals surface area contributed by atoms with E-state index >= 15 is 0 Å². The molecule has 0 saturated heterocycles. The molecule has 0 bridgehead atoms. The zero-order valence-electron chi connectivity index (χ0n) is 21.6. The van der Waals surface area contributed by atoms with Gasteiger partial charge in [-0.15, -0.1) is 0 Å². The number of allylic oxidation sites excluding steroid dienone is 1. The molecule has 0 amide bonds. The van der Waals surface area contributed by atoms with Crippen LogP contribution in [0.5, 0.6) is 0 Å². The molecule has 0 aliphatic heterocycles. The molecule has 2 N–H and O–H groups in total. The van der Waals surface area contributed by atoms with Crippen molar-refractivity contribution in [2.24, 2.45) is 0 Å². The van der Waals surface area contributed by atoms with Crippen molar-refractivity contribution in [2.75, 3.05) is 0 Å². The molecule has 0 saturated carbocycles. The molecule has 20 heteroatoms. The predicted molar refractivity (Wildman–Crippen MR) is 145 cm³/mol. The second kappa shape index (κ2) is 13.0. The second-order valence-electron chi connectivity index (χ2n) is 8.83. The number of hydrogen-bond acceptors (Lipinski definition) is 4. The van der Waals surface area contributed by atoms with E-state index in [0.717, 1.165) is 0 Å². The van der Waals surface area contributed by atoms with Crippen molar-refractivity contribution in [1.82, 2.24) is 19.1 Å². The summed E-state index contributed by atoms with van der Waals surface area (Å²) in [5.74, 6) is -18.4. The first-order valence-electron chi connectivity index (χ1n) is 11.7. The molecule has 0 atom stereocenters. The highest BCUT2D eigenvalue weighted by Gasteiger charge is 2.27. The van der Waals surface area contributed by atoms with Crippen molar-refractivity contribution in [3.8, 4) is 11.8 Å². The van der Waals surface area contributed by atoms with Crippen molar-refractivity contribution in [3.63, 3.8) is 0 Å². The lowest BCUT2D eigenvalue weighted by Crippen LogP contribution is -2.32. The van der Waals surface area contributed by atoms with E-state index in [1.165, 1.54) is 0 Å². The summed E-state index contributed by atoms with van der Waals surface area (Å²) in [5.41, 5.74) is -8.87. The fourth-order valence-corrected chi connectivity index (χ4v) is 4.41. The highest BCUT2D eigenvalue weighted by molar-refractivity contribution is 9.16. The summed E-state index contributed by atoms with van der Waals surface area (Å²) in [6.07, 6.45) is 1.29. The Morgan fingerprint density at radius 2 is 0.957 bits per heavy atom. The number of rotatable bonds is 5. The second-order valence-corrected chi connectivity index (χ2v) is 10.4. The van der Waals surface area contributed by atoms with Crippen LogP contribution in [-0.2, 0) is 13.1 Å². The summed E-state index contributed by atoms with van der Waals surface area (Å²) in [6, 6.07) is 0. The minimum atomic E-state index is -2.44. The fraction of sp³-hybridized carbons (Fsp3) is 0.0769. The molecule has 0 unspecified atom stereocenters. The smallest absolute Gasteiger partial charge is 0.295 e. The molecule has 0 radical (unpaired) electrons. The Balaban J connectivity index is 1.74. The van der Waals surface area contributed by atoms with Crippen LogP contribution in [-0.4, -0.2) is 19.1 Å². The lowest BCUT2D eigenvalue weighted by molar-refractivity contribution is 0.367. The van der Waals surface area contributed by atoms with Gasteiger partial charge < -0.3 is 0 Å². The van der Waals surface area contributed by atoms with Crippen molar-refractivity contribution in [3.05, 3.63) is 139 Å². The van der Waals surface area contributed by atoms with E-state index in [-0.39, 0.29) is 8.96 Å². The molecule has 0 fully saturated rings. The summed E-state index contributed by atoms with van der Waals surface area (Å²) in [6.45, 7) is -2.48. The number of halogens is 12. The molecule has 0 spiro atoms. The Hall–Kier alpha value is -4.64. The minimum Gasteiger partial charge on any atom is -0.295 e. The third-order valence-corrected chi connectivity index (χ3v) is 7.97. The van der Waals surface area contributed by atoms with Gasteiger partial charge in [-0.3, -0.25) is 28.7 Å². The van der Waals surface area contributed by atoms with Gasteiger partial charge in [0, 0.05) is 23.5 Å². The largest absolute Gasteiger partial charge is 0.328 e. The molecular formula is C26H8Br2F10N4O4.